The van der Waals surface area contributed by atoms with Gasteiger partial charge in [-0.15, -0.1) is 0 Å². The molecule has 62 heavy (non-hydrogen) atoms. The maximum atomic E-state index is 13.8. The molecule has 2 aromatic carbocycles. The smallest absolute Gasteiger partial charge is 0.434 e. The Bertz CT molecular complexity index is 2760. The van der Waals surface area contributed by atoms with Gasteiger partial charge in [0, 0.05) is 24.4 Å². The van der Waals surface area contributed by atoms with E-state index in [-0.39, 0.29) is 39.5 Å². The summed E-state index contributed by atoms with van der Waals surface area (Å²) in [6, 6.07) is 13.7. The monoisotopic (exact) mass is 888 g/mol. The van der Waals surface area contributed by atoms with E-state index in [1.165, 1.54) is 25.3 Å². The van der Waals surface area contributed by atoms with Crippen LogP contribution in [-0.2, 0) is 22.7 Å². The number of halogens is 12. The van der Waals surface area contributed by atoms with E-state index in [4.69, 9.17) is 4.74 Å². The summed E-state index contributed by atoms with van der Waals surface area (Å²) in [6.07, 6.45) is -15.9. The summed E-state index contributed by atoms with van der Waals surface area (Å²) >= 11 is 0. The van der Waals surface area contributed by atoms with Gasteiger partial charge in [-0.1, -0.05) is 24.3 Å². The number of pyridine rings is 2. The van der Waals surface area contributed by atoms with Crippen LogP contribution in [0, 0.1) is 0 Å². The molecule has 5 heterocycles. The van der Waals surface area contributed by atoms with Crippen LogP contribution in [0.1, 0.15) is 47.6 Å². The van der Waals surface area contributed by atoms with Gasteiger partial charge in [0.1, 0.15) is 22.8 Å². The average Bonchev–Trinajstić information content (AvgIpc) is 3.17. The minimum atomic E-state index is -5.00. The Balaban J connectivity index is 0.000000207. The highest BCUT2D eigenvalue weighted by Gasteiger charge is 2.40. The number of alkyl halides is 12. The lowest BCUT2D eigenvalue weighted by atomic mass is 9.89. The van der Waals surface area contributed by atoms with Crippen LogP contribution in [-0.4, -0.2) is 56.7 Å². The number of ketones is 1. The number of rotatable bonds is 8. The molecule has 0 aliphatic carbocycles. The Hall–Kier alpha value is -6.45. The first kappa shape index (κ1) is 45.1. The van der Waals surface area contributed by atoms with Gasteiger partial charge in [-0.05, 0) is 79.1 Å². The lowest BCUT2D eigenvalue weighted by molar-refractivity contribution is -0.154. The Morgan fingerprint density at radius 1 is 0.661 bits per heavy atom. The summed E-state index contributed by atoms with van der Waals surface area (Å²) in [6.45, 7) is 0.411. The molecule has 1 aliphatic rings. The van der Waals surface area contributed by atoms with Gasteiger partial charge in [-0.3, -0.25) is 23.2 Å². The van der Waals surface area contributed by atoms with Crippen molar-refractivity contribution < 1.29 is 71.7 Å². The van der Waals surface area contributed by atoms with E-state index in [1.807, 2.05) is 0 Å². The number of nitrogens with zero attached hydrogens (tertiary/aromatic N) is 4. The number of benzene rings is 2. The molecule has 328 valence electrons. The Labute approximate surface area is 339 Å². The molecule has 1 atom stereocenters. The summed E-state index contributed by atoms with van der Waals surface area (Å²) in [5.74, 6) is -0.852. The fourth-order valence-corrected chi connectivity index (χ4v) is 6.16. The maximum Gasteiger partial charge on any atom is 0.434 e. The minimum Gasteiger partial charge on any atom is -0.484 e. The van der Waals surface area contributed by atoms with Crippen LogP contribution in [0.15, 0.2) is 94.8 Å². The van der Waals surface area contributed by atoms with Crippen LogP contribution in [0.2, 0.25) is 0 Å². The van der Waals surface area contributed by atoms with E-state index < -0.39 is 82.9 Å². The topological polar surface area (TPSA) is 114 Å². The molecule has 1 saturated heterocycles. The standard InChI is InChI=1S/C21H16F6N2O3.C19H12F6N2O3/c1-19(7-9-32-19)13-6-8-29-15(10-13)28-17(21(25,26)27)16(18(29)30)12-2-4-14(5-3-12)31-11-20(22,23)24;1-10(28)12-6-7-27-14(8-12)26-16(19(23,24)25)15(17(27)29)11-2-4-13(5-3-11)30-9-18(20,21)22/h2-6,8,10H,7,9,11H2,1H3;2-8H,9H2,1H3. The molecule has 0 bridgehead atoms. The number of hydrogen-bond donors (Lipinski definition) is 0. The molecule has 1 unspecified atom stereocenters. The Kier molecular flexibility index (Phi) is 12.0. The minimum absolute atomic E-state index is 0.0777. The fourth-order valence-electron chi connectivity index (χ4n) is 6.16. The quantitative estimate of drug-likeness (QED) is 0.110. The van der Waals surface area contributed by atoms with Crippen LogP contribution in [0.25, 0.3) is 33.5 Å². The summed E-state index contributed by atoms with van der Waals surface area (Å²) in [7, 11) is 0. The molecule has 10 nitrogen and oxygen atoms in total. The lowest BCUT2D eigenvalue weighted by Crippen LogP contribution is -2.38. The average molecular weight is 889 g/mol. The molecule has 0 saturated carbocycles. The summed E-state index contributed by atoms with van der Waals surface area (Å²) in [4.78, 5) is 44.5. The summed E-state index contributed by atoms with van der Waals surface area (Å²) in [5, 5.41) is 0. The van der Waals surface area contributed by atoms with Gasteiger partial charge >= 0.3 is 24.7 Å². The molecule has 22 heteroatoms. The van der Waals surface area contributed by atoms with Crippen LogP contribution in [0.3, 0.4) is 0 Å². The second-order valence-electron chi connectivity index (χ2n) is 13.8. The first-order valence-electron chi connectivity index (χ1n) is 17.8. The molecule has 0 spiro atoms. The van der Waals surface area contributed by atoms with Crippen LogP contribution >= 0.6 is 0 Å². The predicted octanol–water partition coefficient (Wildman–Crippen LogP) is 9.48. The van der Waals surface area contributed by atoms with Gasteiger partial charge in [-0.25, -0.2) is 9.97 Å². The van der Waals surface area contributed by atoms with Crippen molar-refractivity contribution in [3.8, 4) is 33.8 Å². The molecule has 1 fully saturated rings. The van der Waals surface area contributed by atoms with Crippen LogP contribution in [0.4, 0.5) is 52.7 Å². The third-order valence-corrected chi connectivity index (χ3v) is 9.31. The highest BCUT2D eigenvalue weighted by Crippen LogP contribution is 2.39. The van der Waals surface area contributed by atoms with Crippen molar-refractivity contribution in [1.82, 2.24) is 18.8 Å². The zero-order valence-corrected chi connectivity index (χ0v) is 31.7. The summed E-state index contributed by atoms with van der Waals surface area (Å²) < 4.78 is 172. The lowest BCUT2D eigenvalue weighted by Gasteiger charge is -2.39. The Morgan fingerprint density at radius 2 is 1.06 bits per heavy atom. The SMILES string of the molecule is CC(=O)c1ccn2c(=O)c(-c3ccc(OCC(F)(F)F)cc3)c(C(F)(F)F)nc2c1.CC1(c2ccn3c(=O)c(-c4ccc(OCC(F)(F)F)cc4)c(C(F)(F)F)nc3c2)CCO1. The number of hydrogen-bond acceptors (Lipinski definition) is 8. The number of carbonyl (C=O) groups excluding carboxylic acids is 1. The van der Waals surface area contributed by atoms with Gasteiger partial charge < -0.3 is 14.2 Å². The van der Waals surface area contributed by atoms with E-state index >= 15 is 0 Å². The van der Waals surface area contributed by atoms with Crippen LogP contribution < -0.4 is 20.6 Å². The van der Waals surface area contributed by atoms with Crippen molar-refractivity contribution in [3.63, 3.8) is 0 Å². The molecule has 7 rings (SSSR count). The van der Waals surface area contributed by atoms with Crippen molar-refractivity contribution in [3.05, 3.63) is 128 Å². The predicted molar refractivity (Wildman–Crippen MR) is 195 cm³/mol. The number of aromatic nitrogens is 4. The van der Waals surface area contributed by atoms with Gasteiger partial charge in [0.05, 0.1) is 23.3 Å². The van der Waals surface area contributed by atoms with E-state index in [0.717, 1.165) is 69.6 Å². The number of ether oxygens (including phenoxy) is 3. The summed E-state index contributed by atoms with van der Waals surface area (Å²) in [5.41, 5.74) is -7.25. The number of fused-ring (bicyclic) bond motifs is 2. The second-order valence-corrected chi connectivity index (χ2v) is 13.8. The number of carbonyl (C=O) groups is 1. The van der Waals surface area contributed by atoms with E-state index in [1.54, 1.807) is 13.0 Å². The van der Waals surface area contributed by atoms with Gasteiger partial charge in [0.15, 0.2) is 30.4 Å². The van der Waals surface area contributed by atoms with Gasteiger partial charge in [0.25, 0.3) is 11.1 Å². The van der Waals surface area contributed by atoms with E-state index in [0.29, 0.717) is 18.6 Å². The third-order valence-electron chi connectivity index (χ3n) is 9.31. The molecule has 0 N–H and O–H groups in total. The molecule has 6 aromatic rings. The van der Waals surface area contributed by atoms with Crippen LogP contribution in [0.5, 0.6) is 11.5 Å². The van der Waals surface area contributed by atoms with E-state index in [2.05, 4.69) is 19.4 Å². The molecule has 0 radical (unpaired) electrons. The van der Waals surface area contributed by atoms with Crippen molar-refractivity contribution in [2.45, 2.75) is 50.6 Å². The highest BCUT2D eigenvalue weighted by atomic mass is 19.4. The van der Waals surface area contributed by atoms with E-state index in [9.17, 15) is 67.1 Å². The van der Waals surface area contributed by atoms with Crippen molar-refractivity contribution in [2.24, 2.45) is 0 Å². The second kappa shape index (κ2) is 16.4. The zero-order chi connectivity index (χ0) is 45.6. The van der Waals surface area contributed by atoms with Crippen molar-refractivity contribution in [2.75, 3.05) is 19.8 Å². The zero-order valence-electron chi connectivity index (χ0n) is 31.7. The Morgan fingerprint density at radius 3 is 1.42 bits per heavy atom. The maximum absolute atomic E-state index is 13.8. The molecular weight excluding hydrogens is 860 g/mol. The van der Waals surface area contributed by atoms with Crippen molar-refractivity contribution in [1.29, 1.82) is 0 Å². The molecular formula is C40H28F12N4O6. The van der Waals surface area contributed by atoms with Crippen molar-refractivity contribution >= 4 is 17.1 Å². The largest absolute Gasteiger partial charge is 0.484 e. The van der Waals surface area contributed by atoms with Gasteiger partial charge in [-0.2, -0.15) is 52.7 Å². The first-order chi connectivity index (χ1) is 28.7. The van der Waals surface area contributed by atoms with Gasteiger partial charge in [0.2, 0.25) is 0 Å². The normalized spacial score (nSPS) is 15.8. The molecule has 0 amide bonds. The fraction of sp³-hybridized carbons (Fsp3) is 0.275. The first-order valence-corrected chi connectivity index (χ1v) is 17.8. The molecule has 4 aromatic heterocycles. The molecule has 1 aliphatic heterocycles. The highest BCUT2D eigenvalue weighted by molar-refractivity contribution is 5.94. The number of Topliss-reactive ketones (excluding diaryl/α,β-unsaturated/α-hetero) is 1. The third kappa shape index (κ3) is 10.0.